The summed E-state index contributed by atoms with van der Waals surface area (Å²) in [5.41, 5.74) is 1.33. The van der Waals surface area contributed by atoms with Crippen molar-refractivity contribution in [2.45, 2.75) is 43.0 Å². The van der Waals surface area contributed by atoms with Gasteiger partial charge >= 0.3 is 11.9 Å². The molecular weight excluding hydrogens is 396 g/mol. The number of amides is 2. The average Bonchev–Trinajstić information content (AvgIpc) is 2.74. The summed E-state index contributed by atoms with van der Waals surface area (Å²) >= 11 is 1.20. The number of nitrogens with one attached hydrogen (secondary N) is 1. The van der Waals surface area contributed by atoms with Gasteiger partial charge in [-0.05, 0) is 12.0 Å². The fourth-order valence-corrected chi connectivity index (χ4v) is 4.44. The molecule has 0 aromatic heterocycles. The van der Waals surface area contributed by atoms with Crippen molar-refractivity contribution in [3.63, 3.8) is 0 Å². The molecule has 29 heavy (non-hydrogen) atoms. The Morgan fingerprint density at radius 2 is 1.97 bits per heavy atom. The van der Waals surface area contributed by atoms with Crippen LogP contribution < -0.4 is 5.32 Å². The molecule has 0 radical (unpaired) electrons. The predicted octanol–water partition coefficient (Wildman–Crippen LogP) is 1.36. The Hall–Kier alpha value is -2.81. The van der Waals surface area contributed by atoms with Crippen LogP contribution in [0.3, 0.4) is 0 Å². The Morgan fingerprint density at radius 3 is 2.66 bits per heavy atom. The van der Waals surface area contributed by atoms with Crippen LogP contribution in [0.25, 0.3) is 0 Å². The number of hydrogen-bond donors (Lipinski definition) is 1. The monoisotopic (exact) mass is 418 g/mol. The van der Waals surface area contributed by atoms with Crippen molar-refractivity contribution in [1.29, 1.82) is 0 Å². The van der Waals surface area contributed by atoms with Gasteiger partial charge in [-0.2, -0.15) is 0 Å². The van der Waals surface area contributed by atoms with Gasteiger partial charge in [-0.3, -0.25) is 19.2 Å². The minimum Gasteiger partial charge on any atom is -0.461 e. The van der Waals surface area contributed by atoms with E-state index in [1.807, 2.05) is 37.3 Å². The van der Waals surface area contributed by atoms with E-state index >= 15 is 0 Å². The predicted molar refractivity (Wildman–Crippen MR) is 105 cm³/mol. The Balaban J connectivity index is 1.71. The zero-order valence-electron chi connectivity index (χ0n) is 15.9. The van der Waals surface area contributed by atoms with E-state index in [4.69, 9.17) is 9.47 Å². The molecule has 9 heteroatoms. The molecule has 154 valence electrons. The molecular formula is C20H22N2O6S. The lowest BCUT2D eigenvalue weighted by Crippen LogP contribution is -2.68. The lowest BCUT2D eigenvalue weighted by molar-refractivity contribution is -0.147. The topological polar surface area (TPSA) is 102 Å². The van der Waals surface area contributed by atoms with Crippen LogP contribution in [0.5, 0.6) is 0 Å². The van der Waals surface area contributed by atoms with Gasteiger partial charge in [0, 0.05) is 18.2 Å². The summed E-state index contributed by atoms with van der Waals surface area (Å²) in [6.07, 6.45) is 2.93. The number of rotatable bonds is 9. The Kier molecular flexibility index (Phi) is 6.92. The minimum atomic E-state index is -0.738. The van der Waals surface area contributed by atoms with Crippen LogP contribution in [0, 0.1) is 0 Å². The number of thioether (sulfide) groups is 1. The summed E-state index contributed by atoms with van der Waals surface area (Å²) in [6.45, 7) is 1.88. The highest BCUT2D eigenvalue weighted by atomic mass is 32.2. The fraction of sp³-hybridized carbons (Fsp3) is 0.400. The van der Waals surface area contributed by atoms with E-state index in [9.17, 15) is 19.2 Å². The van der Waals surface area contributed by atoms with Crippen molar-refractivity contribution in [3.05, 3.63) is 47.7 Å². The summed E-state index contributed by atoms with van der Waals surface area (Å²) in [6, 6.07) is 8.58. The molecule has 2 aliphatic rings. The van der Waals surface area contributed by atoms with E-state index in [1.165, 1.54) is 22.9 Å². The summed E-state index contributed by atoms with van der Waals surface area (Å²) < 4.78 is 10.7. The standard InChI is InChI=1S/C20H22N2O6S/c1-2-6-15(24)27-11-14-9-22-18(25)16(21-12-23)19(22)29-17(14)20(26)28-10-13-7-4-3-5-8-13/h3-5,7-9,12,16-17,19H,2,6,10-11H2,1H3,(H,21,23)/t16?,17?,19-/m1/s1. The smallest absolute Gasteiger partial charge is 0.323 e. The minimum absolute atomic E-state index is 0.0980. The number of ether oxygens (including phenoxy) is 2. The van der Waals surface area contributed by atoms with Crippen LogP contribution in [-0.2, 0) is 35.3 Å². The first-order valence-corrected chi connectivity index (χ1v) is 10.2. The van der Waals surface area contributed by atoms with Gasteiger partial charge in [0.15, 0.2) is 0 Å². The number of carbonyl (C=O) groups excluding carboxylic acids is 4. The van der Waals surface area contributed by atoms with Gasteiger partial charge in [0.05, 0.1) is 0 Å². The first kappa shape index (κ1) is 20.9. The van der Waals surface area contributed by atoms with Crippen LogP contribution in [0.2, 0.25) is 0 Å². The molecule has 0 saturated carbocycles. The normalized spacial score (nSPS) is 22.7. The van der Waals surface area contributed by atoms with Crippen molar-refractivity contribution >= 4 is 36.0 Å². The van der Waals surface area contributed by atoms with E-state index in [0.29, 0.717) is 18.4 Å². The third kappa shape index (κ3) is 4.79. The van der Waals surface area contributed by atoms with Gasteiger partial charge in [-0.1, -0.05) is 37.3 Å². The van der Waals surface area contributed by atoms with Gasteiger partial charge in [0.2, 0.25) is 6.41 Å². The second-order valence-electron chi connectivity index (χ2n) is 6.62. The Morgan fingerprint density at radius 1 is 1.21 bits per heavy atom. The maximum atomic E-state index is 12.8. The number of esters is 2. The maximum absolute atomic E-state index is 12.8. The molecule has 8 nitrogen and oxygen atoms in total. The summed E-state index contributed by atoms with van der Waals surface area (Å²) in [5, 5.41) is 1.33. The van der Waals surface area contributed by atoms with Crippen LogP contribution in [0.15, 0.2) is 42.1 Å². The molecule has 3 atom stereocenters. The average molecular weight is 418 g/mol. The van der Waals surface area contributed by atoms with E-state index in [0.717, 1.165) is 5.56 Å². The summed E-state index contributed by atoms with van der Waals surface area (Å²) in [5.74, 6) is -1.13. The molecule has 0 aliphatic carbocycles. The lowest BCUT2D eigenvalue weighted by Gasteiger charge is -2.48. The lowest BCUT2D eigenvalue weighted by atomic mass is 10.1. The third-order valence-electron chi connectivity index (χ3n) is 4.54. The van der Waals surface area contributed by atoms with Crippen LogP contribution >= 0.6 is 11.8 Å². The highest BCUT2D eigenvalue weighted by Gasteiger charge is 2.52. The first-order chi connectivity index (χ1) is 14.0. The highest BCUT2D eigenvalue weighted by molar-refractivity contribution is 8.01. The van der Waals surface area contributed by atoms with E-state index < -0.39 is 22.6 Å². The fourth-order valence-electron chi connectivity index (χ4n) is 3.03. The Labute approximate surface area is 172 Å². The second-order valence-corrected chi connectivity index (χ2v) is 7.85. The number of benzene rings is 1. The highest BCUT2D eigenvalue weighted by Crippen LogP contribution is 2.41. The van der Waals surface area contributed by atoms with E-state index in [1.54, 1.807) is 0 Å². The van der Waals surface area contributed by atoms with Crippen LogP contribution in [0.4, 0.5) is 0 Å². The van der Waals surface area contributed by atoms with Gasteiger partial charge in [-0.25, -0.2) is 0 Å². The van der Waals surface area contributed by atoms with Gasteiger partial charge in [0.1, 0.15) is 29.9 Å². The molecule has 2 heterocycles. The number of hydrogen-bond acceptors (Lipinski definition) is 7. The molecule has 1 fully saturated rings. The van der Waals surface area contributed by atoms with Crippen molar-refractivity contribution in [2.24, 2.45) is 0 Å². The number of β-lactam (4-membered cyclic amide) rings is 1. The molecule has 1 aromatic carbocycles. The van der Waals surface area contributed by atoms with E-state index in [-0.39, 0.29) is 31.5 Å². The summed E-state index contributed by atoms with van der Waals surface area (Å²) in [7, 11) is 0. The molecule has 2 unspecified atom stereocenters. The number of carbonyl (C=O) groups is 4. The molecule has 0 spiro atoms. The van der Waals surface area contributed by atoms with Crippen LogP contribution in [-0.4, -0.2) is 52.4 Å². The zero-order valence-corrected chi connectivity index (χ0v) is 16.7. The molecule has 2 amide bonds. The molecule has 1 aromatic rings. The number of nitrogens with zero attached hydrogens (tertiary/aromatic N) is 1. The quantitative estimate of drug-likeness (QED) is 0.367. The molecule has 1 saturated heterocycles. The molecule has 2 aliphatic heterocycles. The van der Waals surface area contributed by atoms with Crippen molar-refractivity contribution in [2.75, 3.05) is 6.61 Å². The first-order valence-electron chi connectivity index (χ1n) is 9.29. The second kappa shape index (κ2) is 9.60. The van der Waals surface area contributed by atoms with Gasteiger partial charge in [-0.15, -0.1) is 11.8 Å². The Bertz CT molecular complexity index is 812. The van der Waals surface area contributed by atoms with Crippen molar-refractivity contribution < 1.29 is 28.7 Å². The molecule has 0 bridgehead atoms. The molecule has 1 N–H and O–H groups in total. The maximum Gasteiger partial charge on any atom is 0.323 e. The van der Waals surface area contributed by atoms with Crippen molar-refractivity contribution in [1.82, 2.24) is 10.2 Å². The third-order valence-corrected chi connectivity index (χ3v) is 6.08. The van der Waals surface area contributed by atoms with Crippen LogP contribution in [0.1, 0.15) is 25.3 Å². The van der Waals surface area contributed by atoms with Crippen molar-refractivity contribution in [3.8, 4) is 0 Å². The molecule has 3 rings (SSSR count). The van der Waals surface area contributed by atoms with Gasteiger partial charge in [0.25, 0.3) is 5.91 Å². The van der Waals surface area contributed by atoms with E-state index in [2.05, 4.69) is 5.32 Å². The number of fused-ring (bicyclic) bond motifs is 1. The largest absolute Gasteiger partial charge is 0.461 e. The zero-order chi connectivity index (χ0) is 20.8. The SMILES string of the molecule is CCCC(=O)OCC1=CN2C(=O)C(NC=O)[C@H]2SC1C(=O)OCc1ccccc1. The summed E-state index contributed by atoms with van der Waals surface area (Å²) in [4.78, 5) is 48.9. The van der Waals surface area contributed by atoms with Gasteiger partial charge < -0.3 is 19.7 Å².